The topological polar surface area (TPSA) is 62.9 Å². The second kappa shape index (κ2) is 8.04. The molecule has 6 nitrogen and oxygen atoms in total. The van der Waals surface area contributed by atoms with Crippen molar-refractivity contribution in [2.75, 3.05) is 44.3 Å². The minimum atomic E-state index is -0.190. The molecule has 0 atom stereocenters. The van der Waals surface area contributed by atoms with Crippen molar-refractivity contribution in [2.24, 2.45) is 0 Å². The summed E-state index contributed by atoms with van der Waals surface area (Å²) in [5, 5.41) is 15.5. The van der Waals surface area contributed by atoms with Gasteiger partial charge in [-0.1, -0.05) is 6.07 Å². The highest BCUT2D eigenvalue weighted by Gasteiger charge is 2.25. The van der Waals surface area contributed by atoms with Gasteiger partial charge in [-0.3, -0.25) is 0 Å². The third-order valence-corrected chi connectivity index (χ3v) is 7.39. The number of anilines is 1. The monoisotopic (exact) mass is 417 g/mol. The quantitative estimate of drug-likeness (QED) is 0.678. The number of aliphatic hydroxyl groups excluding tert-OH is 1. The van der Waals surface area contributed by atoms with Crippen LogP contribution in [0.1, 0.15) is 18.7 Å². The van der Waals surface area contributed by atoms with Crippen molar-refractivity contribution in [1.29, 1.82) is 0 Å². The first-order valence-electron chi connectivity index (χ1n) is 9.94. The van der Waals surface area contributed by atoms with E-state index in [-0.39, 0.29) is 6.10 Å². The smallest absolute Gasteiger partial charge is 0.187 e. The number of rotatable bonds is 4. The molecule has 2 fully saturated rings. The lowest BCUT2D eigenvalue weighted by atomic mass is 10.1. The zero-order chi connectivity index (χ0) is 18.9. The fourth-order valence-corrected chi connectivity index (χ4v) is 5.80. The summed E-state index contributed by atoms with van der Waals surface area (Å²) in [6.45, 7) is 6.18. The molecule has 2 aliphatic heterocycles. The van der Waals surface area contributed by atoms with E-state index in [1.165, 1.54) is 20.7 Å². The number of nitrogens with one attached hydrogen (secondary N) is 1. The Morgan fingerprint density at radius 1 is 1.18 bits per heavy atom. The van der Waals surface area contributed by atoms with Crippen LogP contribution < -0.4 is 9.80 Å². The minimum Gasteiger partial charge on any atom is -0.393 e. The lowest BCUT2D eigenvalue weighted by Crippen LogP contribution is -3.12. The molecule has 0 aliphatic carbocycles. The van der Waals surface area contributed by atoms with E-state index in [2.05, 4.69) is 27.8 Å². The molecule has 2 aliphatic rings. The van der Waals surface area contributed by atoms with Crippen molar-refractivity contribution in [3.8, 4) is 10.4 Å². The van der Waals surface area contributed by atoms with E-state index in [9.17, 15) is 5.11 Å². The summed E-state index contributed by atoms with van der Waals surface area (Å²) in [6, 6.07) is 4.26. The van der Waals surface area contributed by atoms with Gasteiger partial charge in [0.1, 0.15) is 30.3 Å². The van der Waals surface area contributed by atoms with Gasteiger partial charge in [0.25, 0.3) is 0 Å². The van der Waals surface area contributed by atoms with Crippen molar-refractivity contribution in [2.45, 2.75) is 25.5 Å². The first kappa shape index (κ1) is 18.4. The maximum absolute atomic E-state index is 9.95. The van der Waals surface area contributed by atoms with Gasteiger partial charge < -0.3 is 19.6 Å². The van der Waals surface area contributed by atoms with Crippen LogP contribution in [0.4, 0.5) is 5.82 Å². The van der Waals surface area contributed by atoms with E-state index < -0.39 is 0 Å². The Kier molecular flexibility index (Phi) is 5.30. The van der Waals surface area contributed by atoms with Crippen molar-refractivity contribution >= 4 is 38.7 Å². The van der Waals surface area contributed by atoms with Crippen LogP contribution in [0.2, 0.25) is 0 Å². The number of thiophene rings is 2. The lowest BCUT2D eigenvalue weighted by Gasteiger charge is -2.31. The first-order valence-corrected chi connectivity index (χ1v) is 11.7. The minimum absolute atomic E-state index is 0.190. The molecule has 5 rings (SSSR count). The molecule has 0 amide bonds. The second-order valence-corrected chi connectivity index (χ2v) is 9.33. The standard InChI is InChI=1S/C20H24N4O2S2/c25-14-3-5-24(6-4-14)19-18-15(16-2-1-11-27-16)13-28-20(18)22-17(21-19)12-23-7-9-26-10-8-23/h1-2,11,13-14,25H,3-10,12H2/p+1. The zero-order valence-electron chi connectivity index (χ0n) is 15.8. The summed E-state index contributed by atoms with van der Waals surface area (Å²) in [4.78, 5) is 16.2. The molecule has 0 unspecified atom stereocenters. The van der Waals surface area contributed by atoms with Gasteiger partial charge in [-0.15, -0.1) is 22.7 Å². The molecule has 5 heterocycles. The fraction of sp³-hybridized carbons (Fsp3) is 0.500. The zero-order valence-corrected chi connectivity index (χ0v) is 17.4. The summed E-state index contributed by atoms with van der Waals surface area (Å²) in [5.41, 5.74) is 1.24. The van der Waals surface area contributed by atoms with Crippen molar-refractivity contribution in [3.63, 3.8) is 0 Å². The summed E-state index contributed by atoms with van der Waals surface area (Å²) in [7, 11) is 0. The third-order valence-electron chi connectivity index (χ3n) is 5.62. The molecule has 2 N–H and O–H groups in total. The number of nitrogens with zero attached hydrogens (tertiary/aromatic N) is 3. The van der Waals surface area contributed by atoms with Crippen LogP contribution in [0.15, 0.2) is 22.9 Å². The highest BCUT2D eigenvalue weighted by atomic mass is 32.1. The van der Waals surface area contributed by atoms with Crippen LogP contribution in [-0.4, -0.2) is 60.6 Å². The van der Waals surface area contributed by atoms with Crippen molar-refractivity contribution in [3.05, 3.63) is 28.7 Å². The fourth-order valence-electron chi connectivity index (χ4n) is 4.03. The number of ether oxygens (including phenoxy) is 1. The van der Waals surface area contributed by atoms with Crippen molar-refractivity contribution < 1.29 is 14.7 Å². The van der Waals surface area contributed by atoms with E-state index in [0.29, 0.717) is 0 Å². The molecule has 3 aromatic rings. The number of aliphatic hydroxyl groups is 1. The maximum atomic E-state index is 9.95. The molecular formula is C20H25N4O2S2+. The number of quaternary nitrogens is 1. The summed E-state index contributed by atoms with van der Waals surface area (Å²) >= 11 is 3.47. The van der Waals surface area contributed by atoms with Crippen molar-refractivity contribution in [1.82, 2.24) is 9.97 Å². The molecule has 8 heteroatoms. The first-order chi connectivity index (χ1) is 13.8. The average Bonchev–Trinajstić information content (AvgIpc) is 3.38. The molecule has 28 heavy (non-hydrogen) atoms. The van der Waals surface area contributed by atoms with Crippen LogP contribution in [0, 0.1) is 0 Å². The maximum Gasteiger partial charge on any atom is 0.187 e. The van der Waals surface area contributed by atoms with E-state index in [0.717, 1.165) is 75.3 Å². The van der Waals surface area contributed by atoms with Crippen LogP contribution in [0.25, 0.3) is 20.7 Å². The lowest BCUT2D eigenvalue weighted by molar-refractivity contribution is -0.922. The Hall–Kier alpha value is -1.58. The van der Waals surface area contributed by atoms with Gasteiger partial charge in [0.05, 0.1) is 24.7 Å². The number of hydrogen-bond donors (Lipinski definition) is 2. The second-order valence-electron chi connectivity index (χ2n) is 7.53. The summed E-state index contributed by atoms with van der Waals surface area (Å²) < 4.78 is 5.49. The number of aromatic nitrogens is 2. The van der Waals surface area contributed by atoms with Gasteiger partial charge in [-0.05, 0) is 24.3 Å². The molecule has 148 valence electrons. The molecule has 0 radical (unpaired) electrons. The Balaban J connectivity index is 1.56. The van der Waals surface area contributed by atoms with Gasteiger partial charge in [0.2, 0.25) is 0 Å². The Labute approximate surface area is 172 Å². The number of fused-ring (bicyclic) bond motifs is 1. The Morgan fingerprint density at radius 2 is 2.00 bits per heavy atom. The largest absolute Gasteiger partial charge is 0.393 e. The van der Waals surface area contributed by atoms with E-state index in [1.807, 2.05) is 0 Å². The van der Waals surface area contributed by atoms with Crippen LogP contribution >= 0.6 is 22.7 Å². The van der Waals surface area contributed by atoms with E-state index in [1.54, 1.807) is 22.7 Å². The molecular weight excluding hydrogens is 392 g/mol. The highest BCUT2D eigenvalue weighted by molar-refractivity contribution is 7.18. The predicted molar refractivity (Wildman–Crippen MR) is 113 cm³/mol. The SMILES string of the molecule is OC1CCN(c2nc(C[NH+]3CCOCC3)nc3scc(-c4cccs4)c23)CC1. The number of morpholine rings is 1. The average molecular weight is 418 g/mol. The van der Waals surface area contributed by atoms with E-state index in [4.69, 9.17) is 14.7 Å². The Morgan fingerprint density at radius 3 is 2.75 bits per heavy atom. The van der Waals surface area contributed by atoms with E-state index >= 15 is 0 Å². The number of hydrogen-bond acceptors (Lipinski definition) is 7. The summed E-state index contributed by atoms with van der Waals surface area (Å²) in [6.07, 6.45) is 1.41. The van der Waals surface area contributed by atoms with Gasteiger partial charge in [-0.2, -0.15) is 0 Å². The predicted octanol–water partition coefficient (Wildman–Crippen LogP) is 1.80. The normalized spacial score (nSPS) is 19.5. The molecule has 0 saturated carbocycles. The van der Waals surface area contributed by atoms with Gasteiger partial charge in [0, 0.05) is 28.9 Å². The number of piperidine rings is 1. The molecule has 0 aromatic carbocycles. The molecule has 0 bridgehead atoms. The van der Waals surface area contributed by atoms with Crippen LogP contribution in [0.5, 0.6) is 0 Å². The van der Waals surface area contributed by atoms with Crippen LogP contribution in [0.3, 0.4) is 0 Å². The van der Waals surface area contributed by atoms with Crippen LogP contribution in [-0.2, 0) is 11.3 Å². The van der Waals surface area contributed by atoms with Gasteiger partial charge >= 0.3 is 0 Å². The van der Waals surface area contributed by atoms with Gasteiger partial charge in [0.15, 0.2) is 5.82 Å². The highest BCUT2D eigenvalue weighted by Crippen LogP contribution is 2.40. The molecule has 3 aromatic heterocycles. The molecule has 0 spiro atoms. The third kappa shape index (κ3) is 3.67. The summed E-state index contributed by atoms with van der Waals surface area (Å²) in [5.74, 6) is 1.97. The van der Waals surface area contributed by atoms with Gasteiger partial charge in [-0.25, -0.2) is 9.97 Å². The molecule has 2 saturated heterocycles. The Bertz CT molecular complexity index is 929.